The highest BCUT2D eigenvalue weighted by molar-refractivity contribution is 4.92. The smallest absolute Gasteiger partial charge is 0.0852 e. The zero-order valence-corrected chi connectivity index (χ0v) is 9.42. The van der Waals surface area contributed by atoms with Gasteiger partial charge in [-0.25, -0.2) is 0 Å². The molecule has 1 rings (SSSR count). The van der Waals surface area contributed by atoms with Crippen LogP contribution in [0.1, 0.15) is 47.5 Å². The second-order valence-electron chi connectivity index (χ2n) is 5.74. The molecule has 1 fully saturated rings. The van der Waals surface area contributed by atoms with E-state index in [2.05, 4.69) is 13.8 Å². The molecule has 0 saturated heterocycles. The molecule has 1 aliphatic rings. The number of hydrogen-bond acceptors (Lipinski definition) is 2. The van der Waals surface area contributed by atoms with Crippen LogP contribution in [0.15, 0.2) is 0 Å². The first kappa shape index (κ1) is 11.0. The van der Waals surface area contributed by atoms with E-state index in [4.69, 9.17) is 4.74 Å². The van der Waals surface area contributed by atoms with Crippen molar-refractivity contribution >= 4 is 0 Å². The largest absolute Gasteiger partial charge is 0.390 e. The van der Waals surface area contributed by atoms with Gasteiger partial charge >= 0.3 is 0 Å². The first-order valence-corrected chi connectivity index (χ1v) is 5.08. The molecular formula is C11H22O2. The van der Waals surface area contributed by atoms with E-state index in [1.165, 1.54) is 0 Å². The fraction of sp³-hybridized carbons (Fsp3) is 1.00. The maximum Gasteiger partial charge on any atom is 0.0852 e. The molecular weight excluding hydrogens is 164 g/mol. The monoisotopic (exact) mass is 186 g/mol. The highest BCUT2D eigenvalue weighted by Crippen LogP contribution is 2.40. The van der Waals surface area contributed by atoms with Crippen LogP contribution in [0.3, 0.4) is 0 Å². The summed E-state index contributed by atoms with van der Waals surface area (Å²) in [5.41, 5.74) is -0.123. The van der Waals surface area contributed by atoms with Crippen molar-refractivity contribution in [3.63, 3.8) is 0 Å². The Bertz CT molecular complexity index is 179. The standard InChI is InChI=1S/C11H22O2/c1-10(2,3)13-8-6-7-11(4,5)9(8)12/h8-9,12H,6-7H2,1-5H3. The molecule has 2 unspecified atom stereocenters. The van der Waals surface area contributed by atoms with E-state index in [9.17, 15) is 5.11 Å². The molecule has 0 heterocycles. The Kier molecular flexibility index (Phi) is 2.75. The second kappa shape index (κ2) is 3.25. The lowest BCUT2D eigenvalue weighted by atomic mass is 9.89. The minimum absolute atomic E-state index is 0.0231. The Morgan fingerprint density at radius 2 is 1.85 bits per heavy atom. The first-order valence-electron chi connectivity index (χ1n) is 5.08. The van der Waals surface area contributed by atoms with Crippen LogP contribution < -0.4 is 0 Å². The van der Waals surface area contributed by atoms with Crippen LogP contribution in [-0.2, 0) is 4.74 Å². The lowest BCUT2D eigenvalue weighted by Crippen LogP contribution is -2.37. The predicted octanol–water partition coefficient (Wildman–Crippen LogP) is 2.35. The van der Waals surface area contributed by atoms with Crippen LogP contribution in [0.25, 0.3) is 0 Å². The molecule has 0 bridgehead atoms. The van der Waals surface area contributed by atoms with E-state index in [1.54, 1.807) is 0 Å². The summed E-state index contributed by atoms with van der Waals surface area (Å²) in [5, 5.41) is 9.96. The van der Waals surface area contributed by atoms with Gasteiger partial charge in [0.2, 0.25) is 0 Å². The van der Waals surface area contributed by atoms with Gasteiger partial charge in [0.15, 0.2) is 0 Å². The number of aliphatic hydroxyl groups excluding tert-OH is 1. The molecule has 13 heavy (non-hydrogen) atoms. The van der Waals surface area contributed by atoms with Crippen LogP contribution >= 0.6 is 0 Å². The van der Waals surface area contributed by atoms with E-state index in [0.29, 0.717) is 0 Å². The molecule has 0 amide bonds. The summed E-state index contributed by atoms with van der Waals surface area (Å²) in [5.74, 6) is 0. The van der Waals surface area contributed by atoms with Crippen molar-refractivity contribution in [2.24, 2.45) is 5.41 Å². The predicted molar refractivity (Wildman–Crippen MR) is 53.6 cm³/mol. The molecule has 0 aliphatic heterocycles. The maximum atomic E-state index is 9.96. The molecule has 0 aromatic rings. The summed E-state index contributed by atoms with van der Waals surface area (Å²) >= 11 is 0. The number of hydrogen-bond donors (Lipinski definition) is 1. The Morgan fingerprint density at radius 1 is 1.31 bits per heavy atom. The summed E-state index contributed by atoms with van der Waals surface area (Å²) in [7, 11) is 0. The third kappa shape index (κ3) is 2.68. The van der Waals surface area contributed by atoms with Gasteiger partial charge in [-0.3, -0.25) is 0 Å². The summed E-state index contributed by atoms with van der Waals surface area (Å²) in [6, 6.07) is 0. The van der Waals surface area contributed by atoms with Gasteiger partial charge in [0.25, 0.3) is 0 Å². The summed E-state index contributed by atoms with van der Waals surface area (Å²) in [4.78, 5) is 0. The van der Waals surface area contributed by atoms with E-state index >= 15 is 0 Å². The fourth-order valence-electron chi connectivity index (χ4n) is 1.90. The average Bonchev–Trinajstić information content (AvgIpc) is 2.13. The minimum atomic E-state index is -0.313. The van der Waals surface area contributed by atoms with Crippen molar-refractivity contribution in [2.45, 2.75) is 65.3 Å². The van der Waals surface area contributed by atoms with E-state index in [0.717, 1.165) is 12.8 Å². The highest BCUT2D eigenvalue weighted by atomic mass is 16.5. The summed E-state index contributed by atoms with van der Waals surface area (Å²) < 4.78 is 5.80. The Hall–Kier alpha value is -0.0800. The van der Waals surface area contributed by atoms with Gasteiger partial charge < -0.3 is 9.84 Å². The van der Waals surface area contributed by atoms with Crippen molar-refractivity contribution < 1.29 is 9.84 Å². The molecule has 2 heteroatoms. The third-order valence-corrected chi connectivity index (χ3v) is 2.73. The number of rotatable bonds is 1. The quantitative estimate of drug-likeness (QED) is 0.681. The molecule has 1 aliphatic carbocycles. The molecule has 0 spiro atoms. The van der Waals surface area contributed by atoms with Crippen molar-refractivity contribution in [2.75, 3.05) is 0 Å². The molecule has 2 nitrogen and oxygen atoms in total. The molecule has 0 aromatic heterocycles. The molecule has 2 atom stereocenters. The SMILES string of the molecule is CC(C)(C)OC1CCC(C)(C)C1O. The van der Waals surface area contributed by atoms with Gasteiger partial charge in [0.1, 0.15) is 0 Å². The third-order valence-electron chi connectivity index (χ3n) is 2.73. The molecule has 1 N–H and O–H groups in total. The van der Waals surface area contributed by atoms with Crippen LogP contribution in [0, 0.1) is 5.41 Å². The van der Waals surface area contributed by atoms with Crippen LogP contribution in [-0.4, -0.2) is 22.9 Å². The van der Waals surface area contributed by atoms with Crippen LogP contribution in [0.5, 0.6) is 0 Å². The average molecular weight is 186 g/mol. The van der Waals surface area contributed by atoms with Crippen LogP contribution in [0.4, 0.5) is 0 Å². The van der Waals surface area contributed by atoms with Crippen molar-refractivity contribution in [3.05, 3.63) is 0 Å². The lowest BCUT2D eigenvalue weighted by molar-refractivity contribution is -0.113. The molecule has 0 radical (unpaired) electrons. The second-order valence-corrected chi connectivity index (χ2v) is 5.74. The Morgan fingerprint density at radius 3 is 2.15 bits per heavy atom. The van der Waals surface area contributed by atoms with Crippen LogP contribution in [0.2, 0.25) is 0 Å². The van der Waals surface area contributed by atoms with Crippen molar-refractivity contribution in [1.29, 1.82) is 0 Å². The Labute approximate surface area is 81.3 Å². The number of aliphatic hydroxyl groups is 1. The topological polar surface area (TPSA) is 29.5 Å². The van der Waals surface area contributed by atoms with E-state index in [-0.39, 0.29) is 23.2 Å². The maximum absolute atomic E-state index is 9.96. The highest BCUT2D eigenvalue weighted by Gasteiger charge is 2.42. The van der Waals surface area contributed by atoms with Gasteiger partial charge in [0.05, 0.1) is 17.8 Å². The summed E-state index contributed by atoms with van der Waals surface area (Å²) in [6.07, 6.45) is 1.74. The van der Waals surface area contributed by atoms with Gasteiger partial charge in [-0.1, -0.05) is 13.8 Å². The van der Waals surface area contributed by atoms with E-state index < -0.39 is 0 Å². The Balaban J connectivity index is 2.56. The lowest BCUT2D eigenvalue weighted by Gasteiger charge is -2.30. The van der Waals surface area contributed by atoms with Gasteiger partial charge in [-0.15, -0.1) is 0 Å². The zero-order valence-electron chi connectivity index (χ0n) is 9.42. The van der Waals surface area contributed by atoms with Crippen molar-refractivity contribution in [1.82, 2.24) is 0 Å². The molecule has 0 aromatic carbocycles. The molecule has 1 saturated carbocycles. The summed E-state index contributed by atoms with van der Waals surface area (Å²) in [6.45, 7) is 10.3. The van der Waals surface area contributed by atoms with Gasteiger partial charge in [0, 0.05) is 0 Å². The normalized spacial score (nSPS) is 33.7. The fourth-order valence-corrected chi connectivity index (χ4v) is 1.90. The minimum Gasteiger partial charge on any atom is -0.390 e. The molecule has 78 valence electrons. The van der Waals surface area contributed by atoms with E-state index in [1.807, 2.05) is 20.8 Å². The van der Waals surface area contributed by atoms with Gasteiger partial charge in [-0.2, -0.15) is 0 Å². The number of ether oxygens (including phenoxy) is 1. The first-order chi connectivity index (χ1) is 5.72. The van der Waals surface area contributed by atoms with Gasteiger partial charge in [-0.05, 0) is 39.0 Å². The van der Waals surface area contributed by atoms with Crippen molar-refractivity contribution in [3.8, 4) is 0 Å². The zero-order chi connectivity index (χ0) is 10.3.